The first-order chi connectivity index (χ1) is 12.6. The lowest BCUT2D eigenvalue weighted by molar-refractivity contribution is -0.143. The second kappa shape index (κ2) is 9.35. The second-order valence-corrected chi connectivity index (χ2v) is 14.0. The van der Waals surface area contributed by atoms with Crippen LogP contribution in [0.1, 0.15) is 52.0 Å². The molecule has 5 heteroatoms. The summed E-state index contributed by atoms with van der Waals surface area (Å²) in [4.78, 5) is 11.7. The fraction of sp³-hybridized carbons (Fsp3) is 0.682. The van der Waals surface area contributed by atoms with E-state index in [1.165, 1.54) is 12.7 Å². The average molecular weight is 393 g/mol. The minimum Gasteiger partial charge on any atom is -0.469 e. The Morgan fingerprint density at radius 1 is 1.11 bits per heavy atom. The van der Waals surface area contributed by atoms with Crippen LogP contribution in [0.15, 0.2) is 30.3 Å². The van der Waals surface area contributed by atoms with E-state index >= 15 is 0 Å². The third-order valence-electron chi connectivity index (χ3n) is 6.08. The maximum Gasteiger partial charge on any atom is 0.305 e. The molecule has 0 bridgehead atoms. The minimum absolute atomic E-state index is 0.0398. The van der Waals surface area contributed by atoms with Gasteiger partial charge in [-0.2, -0.15) is 0 Å². The monoisotopic (exact) mass is 392 g/mol. The van der Waals surface area contributed by atoms with E-state index in [1.807, 2.05) is 18.2 Å². The highest BCUT2D eigenvalue weighted by Gasteiger charge is 2.43. The van der Waals surface area contributed by atoms with Gasteiger partial charge in [-0.3, -0.25) is 4.79 Å². The molecular weight excluding hydrogens is 356 g/mol. The van der Waals surface area contributed by atoms with Crippen LogP contribution in [0, 0.1) is 5.92 Å². The van der Waals surface area contributed by atoms with Crippen molar-refractivity contribution in [3.63, 3.8) is 0 Å². The summed E-state index contributed by atoms with van der Waals surface area (Å²) in [6.07, 6.45) is 3.35. The number of hydrogen-bond donors (Lipinski definition) is 0. The Morgan fingerprint density at radius 3 is 2.37 bits per heavy atom. The molecular formula is C22H36O4Si. The largest absolute Gasteiger partial charge is 0.469 e. The summed E-state index contributed by atoms with van der Waals surface area (Å²) in [6, 6.07) is 10.3. The molecule has 1 aromatic rings. The van der Waals surface area contributed by atoms with Gasteiger partial charge in [-0.15, -0.1) is 0 Å². The van der Waals surface area contributed by atoms with Gasteiger partial charge in [0.2, 0.25) is 0 Å². The van der Waals surface area contributed by atoms with Crippen molar-refractivity contribution < 1.29 is 18.7 Å². The Morgan fingerprint density at radius 2 is 1.78 bits per heavy atom. The summed E-state index contributed by atoms with van der Waals surface area (Å²) < 4.78 is 17.9. The zero-order valence-electron chi connectivity index (χ0n) is 17.8. The van der Waals surface area contributed by atoms with Crippen molar-refractivity contribution in [2.24, 2.45) is 5.92 Å². The fourth-order valence-electron chi connectivity index (χ4n) is 3.34. The van der Waals surface area contributed by atoms with Crippen molar-refractivity contribution >= 4 is 14.3 Å². The van der Waals surface area contributed by atoms with Gasteiger partial charge >= 0.3 is 5.97 Å². The standard InChI is InChI=1S/C22H36O4Si/c1-22(2,3)27(5,6)26-20-14-18(15-21(23)24-4)12-13-19(20)25-16-17-10-8-7-9-11-17/h7-11,18-20H,12-16H2,1-6H3/t18-,19+,20-/m1/s1. The number of hydrogen-bond acceptors (Lipinski definition) is 4. The molecule has 2 rings (SSSR count). The Labute approximate surface area is 165 Å². The van der Waals surface area contributed by atoms with Crippen molar-refractivity contribution in [3.05, 3.63) is 35.9 Å². The number of rotatable bonds is 7. The molecule has 152 valence electrons. The average Bonchev–Trinajstić information content (AvgIpc) is 2.60. The lowest BCUT2D eigenvalue weighted by Gasteiger charge is -2.44. The molecule has 0 spiro atoms. The number of esters is 1. The molecule has 0 radical (unpaired) electrons. The van der Waals surface area contributed by atoms with Crippen LogP contribution in [0.5, 0.6) is 0 Å². The van der Waals surface area contributed by atoms with Gasteiger partial charge in [0.15, 0.2) is 8.32 Å². The third kappa shape index (κ3) is 6.44. The van der Waals surface area contributed by atoms with Gasteiger partial charge in [0.1, 0.15) is 0 Å². The van der Waals surface area contributed by atoms with E-state index in [-0.39, 0.29) is 23.2 Å². The lowest BCUT2D eigenvalue weighted by Crippen LogP contribution is -2.49. The van der Waals surface area contributed by atoms with Gasteiger partial charge in [-0.25, -0.2) is 0 Å². The Bertz CT molecular complexity index is 594. The van der Waals surface area contributed by atoms with Crippen LogP contribution in [0.25, 0.3) is 0 Å². The summed E-state index contributed by atoms with van der Waals surface area (Å²) in [6.45, 7) is 11.9. The van der Waals surface area contributed by atoms with Crippen LogP contribution < -0.4 is 0 Å². The maximum absolute atomic E-state index is 11.7. The predicted molar refractivity (Wildman–Crippen MR) is 111 cm³/mol. The predicted octanol–water partition coefficient (Wildman–Crippen LogP) is 5.33. The zero-order chi connectivity index (χ0) is 20.1. The molecule has 27 heavy (non-hydrogen) atoms. The van der Waals surface area contributed by atoms with Crippen LogP contribution in [0.3, 0.4) is 0 Å². The molecule has 1 fully saturated rings. The zero-order valence-corrected chi connectivity index (χ0v) is 18.8. The number of carbonyl (C=O) groups is 1. The molecule has 1 aliphatic rings. The van der Waals surface area contributed by atoms with Gasteiger partial charge in [0.25, 0.3) is 0 Å². The minimum atomic E-state index is -1.92. The molecule has 0 amide bonds. The van der Waals surface area contributed by atoms with E-state index < -0.39 is 8.32 Å². The summed E-state index contributed by atoms with van der Waals surface area (Å²) in [5, 5.41) is 0.145. The van der Waals surface area contributed by atoms with Gasteiger partial charge in [0, 0.05) is 6.42 Å². The topological polar surface area (TPSA) is 44.8 Å². The second-order valence-electron chi connectivity index (χ2n) is 9.21. The number of ether oxygens (including phenoxy) is 2. The highest BCUT2D eigenvalue weighted by atomic mass is 28.4. The smallest absolute Gasteiger partial charge is 0.305 e. The number of methoxy groups -OCH3 is 1. The van der Waals surface area contributed by atoms with E-state index in [1.54, 1.807) is 0 Å². The van der Waals surface area contributed by atoms with Crippen LogP contribution in [0.4, 0.5) is 0 Å². The van der Waals surface area contributed by atoms with E-state index in [0.29, 0.717) is 18.9 Å². The van der Waals surface area contributed by atoms with Gasteiger partial charge in [-0.05, 0) is 48.9 Å². The Balaban J connectivity index is 2.07. The maximum atomic E-state index is 11.7. The van der Waals surface area contributed by atoms with Gasteiger partial charge < -0.3 is 13.9 Å². The molecule has 1 aliphatic carbocycles. The first-order valence-corrected chi connectivity index (χ1v) is 12.9. The molecule has 0 aromatic heterocycles. The molecule has 3 atom stereocenters. The van der Waals surface area contributed by atoms with Crippen molar-refractivity contribution in [1.29, 1.82) is 0 Å². The van der Waals surface area contributed by atoms with Crippen LogP contribution in [-0.2, 0) is 25.3 Å². The number of carbonyl (C=O) groups excluding carboxylic acids is 1. The summed E-state index contributed by atoms with van der Waals surface area (Å²) in [5.41, 5.74) is 1.18. The molecule has 0 heterocycles. The summed E-state index contributed by atoms with van der Waals surface area (Å²) in [5.74, 6) is 0.179. The van der Waals surface area contributed by atoms with Crippen LogP contribution in [0.2, 0.25) is 18.1 Å². The molecule has 1 saturated carbocycles. The number of benzene rings is 1. The van der Waals surface area contributed by atoms with Crippen LogP contribution in [-0.4, -0.2) is 33.6 Å². The van der Waals surface area contributed by atoms with E-state index in [4.69, 9.17) is 13.9 Å². The van der Waals surface area contributed by atoms with Crippen molar-refractivity contribution in [2.75, 3.05) is 7.11 Å². The van der Waals surface area contributed by atoms with Crippen molar-refractivity contribution in [1.82, 2.24) is 0 Å². The summed E-state index contributed by atoms with van der Waals surface area (Å²) >= 11 is 0. The highest BCUT2D eigenvalue weighted by Crippen LogP contribution is 2.41. The van der Waals surface area contributed by atoms with E-state index in [2.05, 4.69) is 46.0 Å². The molecule has 0 saturated heterocycles. The first kappa shape index (κ1) is 22.1. The Hall–Kier alpha value is -1.17. The highest BCUT2D eigenvalue weighted by molar-refractivity contribution is 6.74. The third-order valence-corrected chi connectivity index (χ3v) is 10.6. The quantitative estimate of drug-likeness (QED) is 0.465. The summed E-state index contributed by atoms with van der Waals surface area (Å²) in [7, 11) is -0.458. The lowest BCUT2D eigenvalue weighted by atomic mass is 9.83. The van der Waals surface area contributed by atoms with Gasteiger partial charge in [-0.1, -0.05) is 51.1 Å². The SMILES string of the molecule is COC(=O)C[C@@H]1CC[C@H](OCc2ccccc2)[C@H](O[Si](C)(C)C(C)(C)C)C1. The molecule has 0 N–H and O–H groups in total. The van der Waals surface area contributed by atoms with Crippen molar-refractivity contribution in [2.45, 2.75) is 83.4 Å². The molecule has 1 aromatic carbocycles. The first-order valence-electron chi connectivity index (χ1n) is 10.0. The molecule has 0 aliphatic heterocycles. The van der Waals surface area contributed by atoms with E-state index in [0.717, 1.165) is 19.3 Å². The Kier molecular flexibility index (Phi) is 7.66. The van der Waals surface area contributed by atoms with E-state index in [9.17, 15) is 4.79 Å². The fourth-order valence-corrected chi connectivity index (χ4v) is 4.69. The normalized spacial score (nSPS) is 23.9. The molecule has 0 unspecified atom stereocenters. The van der Waals surface area contributed by atoms with Crippen LogP contribution >= 0.6 is 0 Å². The van der Waals surface area contributed by atoms with Gasteiger partial charge in [0.05, 0.1) is 25.9 Å². The van der Waals surface area contributed by atoms with Crippen molar-refractivity contribution in [3.8, 4) is 0 Å². The molecule has 4 nitrogen and oxygen atoms in total.